The maximum atomic E-state index is 7.74. The van der Waals surface area contributed by atoms with Crippen LogP contribution in [0.15, 0.2) is 0 Å². The van der Waals surface area contributed by atoms with Crippen molar-refractivity contribution in [3.8, 4) is 0 Å². The molecular formula is C14H34Cl2P2Ti6. The number of rotatable bonds is 10. The zero-order valence-electron chi connectivity index (χ0n) is 16.2. The summed E-state index contributed by atoms with van der Waals surface area (Å²) in [6.45, 7) is 17.1. The van der Waals surface area contributed by atoms with Gasteiger partial charge < -0.3 is 0 Å². The van der Waals surface area contributed by atoms with Gasteiger partial charge >= 0.3 is 185 Å². The van der Waals surface area contributed by atoms with Crippen molar-refractivity contribution in [2.75, 3.05) is 0 Å². The van der Waals surface area contributed by atoms with Crippen LogP contribution in [0, 0.1) is 0 Å². The zero-order valence-corrected chi connectivity index (χ0v) is 29.0. The molecule has 10 heteroatoms. The quantitative estimate of drug-likeness (QED) is 0.172. The molecule has 1 aliphatic heterocycles. The summed E-state index contributed by atoms with van der Waals surface area (Å²) >= 11 is 0.809. The van der Waals surface area contributed by atoms with Gasteiger partial charge in [0.25, 0.3) is 0 Å². The van der Waals surface area contributed by atoms with E-state index in [4.69, 9.17) is 18.6 Å². The van der Waals surface area contributed by atoms with Gasteiger partial charge in [-0.05, 0) is 0 Å². The van der Waals surface area contributed by atoms with Crippen LogP contribution < -0.4 is 0 Å². The molecule has 1 aliphatic rings. The summed E-state index contributed by atoms with van der Waals surface area (Å²) in [7, 11) is 13.2. The van der Waals surface area contributed by atoms with Crippen LogP contribution in [0.3, 0.4) is 0 Å². The SMILES string of the molecule is CCC[CH2][Ti]1([CH2]CCC)[Ti][Ti]([PH]C(C)C)[Ti][Ti]([Cl])([Cl])([PH]C(C)C)[Ti]1. The fourth-order valence-corrected chi connectivity index (χ4v) is 674. The van der Waals surface area contributed by atoms with Crippen molar-refractivity contribution in [1.82, 2.24) is 0 Å². The fraction of sp³-hybridized carbons (Fsp3) is 1.00. The van der Waals surface area contributed by atoms with Crippen molar-refractivity contribution in [1.29, 1.82) is 0 Å². The topological polar surface area (TPSA) is 0 Å². The van der Waals surface area contributed by atoms with Crippen molar-refractivity contribution in [3.63, 3.8) is 0 Å². The first-order chi connectivity index (χ1) is 11.0. The first-order valence-corrected chi connectivity index (χ1v) is 46.7. The van der Waals surface area contributed by atoms with Gasteiger partial charge in [0.05, 0.1) is 0 Å². The maximum absolute atomic E-state index is 7.74. The van der Waals surface area contributed by atoms with Gasteiger partial charge in [0.1, 0.15) is 0 Å². The van der Waals surface area contributed by atoms with Gasteiger partial charge in [-0.3, -0.25) is 0 Å². The molecule has 0 spiro atoms. The molecule has 0 aromatic carbocycles. The van der Waals surface area contributed by atoms with Crippen molar-refractivity contribution in [2.24, 2.45) is 0 Å². The first-order valence-electron chi connectivity index (χ1n) is 9.39. The number of halogens is 2. The van der Waals surface area contributed by atoms with Crippen LogP contribution in [0.5, 0.6) is 0 Å². The molecule has 0 N–H and O–H groups in total. The zero-order chi connectivity index (χ0) is 18.5. The van der Waals surface area contributed by atoms with Gasteiger partial charge in [-0.25, -0.2) is 0 Å². The summed E-state index contributed by atoms with van der Waals surface area (Å²) in [4.78, 5) is 0. The molecule has 1 saturated heterocycles. The van der Waals surface area contributed by atoms with E-state index in [0.717, 1.165) is 17.9 Å². The van der Waals surface area contributed by atoms with Crippen LogP contribution in [0.4, 0.5) is 0 Å². The third-order valence-corrected chi connectivity index (χ3v) is 264. The Labute approximate surface area is 181 Å². The molecule has 0 nitrogen and oxygen atoms in total. The first kappa shape index (κ1) is 27.8. The van der Waals surface area contributed by atoms with Gasteiger partial charge in [0, 0.05) is 0 Å². The van der Waals surface area contributed by atoms with Crippen molar-refractivity contribution >= 4 is 31.8 Å². The number of unbranched alkanes of at least 4 members (excludes halogenated alkanes) is 2. The third-order valence-electron chi connectivity index (χ3n) is 4.06. The summed E-state index contributed by atoms with van der Waals surface area (Å²) in [5.74, 6) is 0. The molecule has 1 heterocycles. The molecule has 0 bridgehead atoms. The molecule has 1 fully saturated rings. The molecule has 0 amide bonds. The predicted octanol–water partition coefficient (Wildman–Crippen LogP) is 7.95. The van der Waals surface area contributed by atoms with E-state index in [1.54, 1.807) is 9.45 Å². The van der Waals surface area contributed by atoms with Crippen LogP contribution in [0.25, 0.3) is 0 Å². The second kappa shape index (κ2) is 12.7. The number of hydrogen-bond donors (Lipinski definition) is 0. The Morgan fingerprint density at radius 1 is 1.00 bits per heavy atom. The molecule has 0 aromatic heterocycles. The standard InChI is InChI=1S/2C4H9.2C3H8P.2ClH.6Ti/c2*1-3-4-2;2*1-3(2)4;;;;;;;;/h2*1,3-4H2,2H3;2*3-4H,1-2H3;2*1H;;;;;;/q;;2*-1;;;;;;;+1;+3/p-2. The molecule has 24 heavy (non-hydrogen) atoms. The molecule has 2 atom stereocenters. The summed E-state index contributed by atoms with van der Waals surface area (Å²) in [6.07, 6.45) is 2.97. The normalized spacial score (nSPS) is 24.1. The summed E-state index contributed by atoms with van der Waals surface area (Å²) < 4.78 is 3.45. The molecule has 1 rings (SSSR count). The third kappa shape index (κ3) is 10.4. The van der Waals surface area contributed by atoms with E-state index < -0.39 is 27.4 Å². The van der Waals surface area contributed by atoms with Crippen molar-refractivity contribution < 1.29 is 65.6 Å². The summed E-state index contributed by atoms with van der Waals surface area (Å²) in [5.41, 5.74) is 1.76. The second-order valence-corrected chi connectivity index (χ2v) is 132. The second-order valence-electron chi connectivity index (χ2n) is 7.65. The molecular weight excluding hydrogens is 588 g/mol. The fourth-order valence-electron chi connectivity index (χ4n) is 3.24. The minimum absolute atomic E-state index is 0.126. The van der Waals surface area contributed by atoms with Crippen molar-refractivity contribution in [3.05, 3.63) is 0 Å². The van der Waals surface area contributed by atoms with Crippen LogP contribution in [0.1, 0.15) is 67.2 Å². The summed E-state index contributed by atoms with van der Waals surface area (Å²) in [6, 6.07) is 0. The predicted molar refractivity (Wildman–Crippen MR) is 98.0 cm³/mol. The average Bonchev–Trinajstić information content (AvgIpc) is 2.39. The van der Waals surface area contributed by atoms with Gasteiger partial charge in [-0.2, -0.15) is 0 Å². The molecule has 2 unspecified atom stereocenters. The molecule has 0 aromatic rings. The molecule has 0 saturated carbocycles. The van der Waals surface area contributed by atoms with Gasteiger partial charge in [-0.1, -0.05) is 0 Å². The molecule has 138 valence electrons. The van der Waals surface area contributed by atoms with E-state index >= 15 is 0 Å². The number of hydrogen-bond acceptors (Lipinski definition) is 0. The Morgan fingerprint density at radius 2 is 1.54 bits per heavy atom. The van der Waals surface area contributed by atoms with Crippen molar-refractivity contribution in [2.45, 2.75) is 88.0 Å². The Bertz CT molecular complexity index is 389. The van der Waals surface area contributed by atoms with Crippen LogP contribution in [-0.4, -0.2) is 11.3 Å². The van der Waals surface area contributed by atoms with E-state index in [9.17, 15) is 0 Å². The minimum atomic E-state index is -2.92. The van der Waals surface area contributed by atoms with Gasteiger partial charge in [0.2, 0.25) is 0 Å². The van der Waals surface area contributed by atoms with E-state index in [0.29, 0.717) is 12.7 Å². The van der Waals surface area contributed by atoms with Crippen LogP contribution in [0.2, 0.25) is 9.45 Å². The Hall–Kier alpha value is 5.73. The Kier molecular flexibility index (Phi) is 14.7. The van der Waals surface area contributed by atoms with Gasteiger partial charge in [0.15, 0.2) is 0 Å². The monoisotopic (exact) mass is 622 g/mol. The van der Waals surface area contributed by atoms with E-state index in [2.05, 4.69) is 41.5 Å². The van der Waals surface area contributed by atoms with Gasteiger partial charge in [-0.15, -0.1) is 0 Å². The molecule has 0 aliphatic carbocycles. The average molecular weight is 622 g/mol. The van der Waals surface area contributed by atoms with Crippen LogP contribution in [-0.2, 0) is 65.6 Å². The summed E-state index contributed by atoms with van der Waals surface area (Å²) in [5, 5.41) is 0. The Balaban J connectivity index is 3.13. The van der Waals surface area contributed by atoms with Crippen LogP contribution >= 0.6 is 31.8 Å². The Morgan fingerprint density at radius 3 is 1.96 bits per heavy atom. The van der Waals surface area contributed by atoms with E-state index in [1.807, 2.05) is 0 Å². The molecule has 0 radical (unpaired) electrons. The van der Waals surface area contributed by atoms with E-state index in [-0.39, 0.29) is 25.5 Å². The van der Waals surface area contributed by atoms with E-state index in [1.165, 1.54) is 32.3 Å².